The van der Waals surface area contributed by atoms with Gasteiger partial charge in [0.05, 0.1) is 28.8 Å². The van der Waals surface area contributed by atoms with Gasteiger partial charge in [0.1, 0.15) is 11.3 Å². The van der Waals surface area contributed by atoms with Crippen molar-refractivity contribution in [3.05, 3.63) is 78.6 Å². The van der Waals surface area contributed by atoms with E-state index in [0.717, 1.165) is 55.8 Å². The summed E-state index contributed by atoms with van der Waals surface area (Å²) in [6.45, 7) is 6.09. The van der Waals surface area contributed by atoms with E-state index in [-0.39, 0.29) is 0 Å². The molecule has 0 fully saturated rings. The minimum absolute atomic E-state index is 0.807. The van der Waals surface area contributed by atoms with Gasteiger partial charge in [-0.1, -0.05) is 12.6 Å². The molecule has 0 atom stereocenters. The largest absolute Gasteiger partial charge is 0.338 e. The number of nitrogens with zero attached hydrogens (tertiary/aromatic N) is 4. The minimum atomic E-state index is 0.807. The first kappa shape index (κ1) is 18.7. The number of allylic oxidation sites excluding steroid dienone is 1. The molecule has 0 aromatic carbocycles. The predicted molar refractivity (Wildman–Crippen MR) is 130 cm³/mol. The minimum Gasteiger partial charge on any atom is -0.338 e. The number of aromatic amines is 2. The predicted octanol–water partition coefficient (Wildman–Crippen LogP) is 6.32. The highest BCUT2D eigenvalue weighted by atomic mass is 32.1. The lowest BCUT2D eigenvalue weighted by Gasteiger charge is -2.00. The molecule has 0 radical (unpaired) electrons. The van der Waals surface area contributed by atoms with Crippen LogP contribution in [0.15, 0.2) is 73.7 Å². The molecule has 0 aliphatic carbocycles. The highest BCUT2D eigenvalue weighted by Gasteiger charge is 2.16. The van der Waals surface area contributed by atoms with Crippen LogP contribution in [-0.4, -0.2) is 30.1 Å². The van der Waals surface area contributed by atoms with E-state index in [0.29, 0.717) is 0 Å². The van der Waals surface area contributed by atoms with Crippen molar-refractivity contribution in [2.75, 3.05) is 0 Å². The molecule has 7 heteroatoms. The van der Waals surface area contributed by atoms with Crippen LogP contribution in [0.2, 0.25) is 0 Å². The van der Waals surface area contributed by atoms with Gasteiger partial charge in [-0.3, -0.25) is 15.1 Å². The Balaban J connectivity index is 1.49. The Bertz CT molecular complexity index is 1610. The van der Waals surface area contributed by atoms with E-state index < -0.39 is 0 Å². The molecule has 154 valence electrons. The summed E-state index contributed by atoms with van der Waals surface area (Å²) in [5.41, 5.74) is 7.29. The Kier molecular flexibility index (Phi) is 4.22. The van der Waals surface area contributed by atoms with Crippen molar-refractivity contribution in [3.63, 3.8) is 0 Å². The van der Waals surface area contributed by atoms with E-state index in [4.69, 9.17) is 0 Å². The van der Waals surface area contributed by atoms with Crippen LogP contribution in [-0.2, 0) is 0 Å². The molecule has 6 aromatic rings. The van der Waals surface area contributed by atoms with Crippen molar-refractivity contribution in [2.45, 2.75) is 6.92 Å². The van der Waals surface area contributed by atoms with Gasteiger partial charge in [-0.15, -0.1) is 11.3 Å². The molecule has 6 nitrogen and oxygen atoms in total. The van der Waals surface area contributed by atoms with E-state index in [1.165, 1.54) is 9.75 Å². The molecule has 6 heterocycles. The van der Waals surface area contributed by atoms with Crippen LogP contribution in [0.25, 0.3) is 60.7 Å². The first-order chi connectivity index (χ1) is 15.7. The fraction of sp³-hybridized carbons (Fsp3) is 0.0400. The van der Waals surface area contributed by atoms with Gasteiger partial charge in [-0.2, -0.15) is 5.10 Å². The van der Waals surface area contributed by atoms with Gasteiger partial charge in [0.25, 0.3) is 0 Å². The number of thiophene rings is 1. The van der Waals surface area contributed by atoms with Crippen LogP contribution < -0.4 is 0 Å². The summed E-state index contributed by atoms with van der Waals surface area (Å²) >= 11 is 1.74. The molecular formula is C25H18N6S. The quantitative estimate of drug-likeness (QED) is 0.340. The number of hydrogen-bond donors (Lipinski definition) is 2. The Morgan fingerprint density at radius 3 is 2.69 bits per heavy atom. The maximum Gasteiger partial charge on any atom is 0.138 e. The van der Waals surface area contributed by atoms with Gasteiger partial charge in [-0.05, 0) is 55.0 Å². The van der Waals surface area contributed by atoms with Gasteiger partial charge in [0.15, 0.2) is 0 Å². The molecule has 6 rings (SSSR count). The van der Waals surface area contributed by atoms with E-state index in [1.807, 2.05) is 37.4 Å². The van der Waals surface area contributed by atoms with Crippen LogP contribution in [0.3, 0.4) is 0 Å². The molecule has 0 saturated heterocycles. The number of hydrogen-bond acceptors (Lipinski definition) is 5. The third kappa shape index (κ3) is 3.02. The smallest absolute Gasteiger partial charge is 0.138 e. The van der Waals surface area contributed by atoms with Crippen LogP contribution in [0.5, 0.6) is 0 Å². The maximum absolute atomic E-state index is 4.57. The van der Waals surface area contributed by atoms with Crippen LogP contribution in [0, 0.1) is 0 Å². The summed E-state index contributed by atoms with van der Waals surface area (Å²) in [7, 11) is 0. The third-order valence-corrected chi connectivity index (χ3v) is 6.73. The van der Waals surface area contributed by atoms with Crippen LogP contribution in [0.1, 0.15) is 11.8 Å². The summed E-state index contributed by atoms with van der Waals surface area (Å²) < 4.78 is 0. The Morgan fingerprint density at radius 1 is 0.938 bits per heavy atom. The second kappa shape index (κ2) is 7.25. The zero-order valence-electron chi connectivity index (χ0n) is 17.3. The number of H-pyrrole nitrogens is 2. The average molecular weight is 435 g/mol. The molecule has 6 aromatic heterocycles. The zero-order chi connectivity index (χ0) is 21.7. The Hall–Kier alpha value is -4.10. The SMILES string of the molecule is C=C(C)c1ccc(-c2ccnc3[nH]c(-c4n[nH]c5cnc(-c6ccccn6)cc45)cc23)s1. The normalized spacial score (nSPS) is 11.4. The van der Waals surface area contributed by atoms with Crippen molar-refractivity contribution >= 4 is 38.8 Å². The van der Waals surface area contributed by atoms with E-state index in [1.54, 1.807) is 23.7 Å². The van der Waals surface area contributed by atoms with Crippen molar-refractivity contribution in [2.24, 2.45) is 0 Å². The van der Waals surface area contributed by atoms with E-state index >= 15 is 0 Å². The molecule has 0 amide bonds. The molecule has 0 bridgehead atoms. The number of rotatable bonds is 4. The highest BCUT2D eigenvalue weighted by molar-refractivity contribution is 7.16. The lowest BCUT2D eigenvalue weighted by atomic mass is 10.1. The van der Waals surface area contributed by atoms with Crippen molar-refractivity contribution in [1.29, 1.82) is 0 Å². The molecule has 0 aliphatic heterocycles. The molecule has 32 heavy (non-hydrogen) atoms. The van der Waals surface area contributed by atoms with Crippen LogP contribution >= 0.6 is 11.3 Å². The molecule has 0 unspecified atom stereocenters. The summed E-state index contributed by atoms with van der Waals surface area (Å²) in [6, 6.07) is 16.3. The van der Waals surface area contributed by atoms with Crippen molar-refractivity contribution in [3.8, 4) is 33.2 Å². The number of nitrogens with one attached hydrogen (secondary N) is 2. The standard InChI is InChI=1S/C25H18N6S/c1-14(2)22-6-7-23(32-22)15-8-10-27-25-16(15)11-20(29-25)24-17-12-19(18-5-3-4-9-26-18)28-13-21(17)30-31-24/h3-13H,1H2,2H3,(H,27,29)(H,30,31). The van der Waals surface area contributed by atoms with Gasteiger partial charge < -0.3 is 4.98 Å². The summed E-state index contributed by atoms with van der Waals surface area (Å²) in [6.07, 6.45) is 5.41. The first-order valence-corrected chi connectivity index (χ1v) is 11.0. The molecular weight excluding hydrogens is 416 g/mol. The highest BCUT2D eigenvalue weighted by Crippen LogP contribution is 2.37. The molecule has 2 N–H and O–H groups in total. The number of aromatic nitrogens is 6. The van der Waals surface area contributed by atoms with Crippen molar-refractivity contribution < 1.29 is 0 Å². The fourth-order valence-corrected chi connectivity index (χ4v) is 4.83. The molecule has 0 saturated carbocycles. The number of pyridine rings is 3. The van der Waals surface area contributed by atoms with Gasteiger partial charge in [0.2, 0.25) is 0 Å². The Labute approximate surface area is 187 Å². The molecule has 0 aliphatic rings. The monoisotopic (exact) mass is 434 g/mol. The average Bonchev–Trinajstić information content (AvgIpc) is 3.56. The zero-order valence-corrected chi connectivity index (χ0v) is 18.1. The topological polar surface area (TPSA) is 83.1 Å². The van der Waals surface area contributed by atoms with Gasteiger partial charge >= 0.3 is 0 Å². The first-order valence-electron chi connectivity index (χ1n) is 10.2. The maximum atomic E-state index is 4.57. The van der Waals surface area contributed by atoms with Gasteiger partial charge in [-0.25, -0.2) is 4.98 Å². The second-order valence-electron chi connectivity index (χ2n) is 7.65. The summed E-state index contributed by atoms with van der Waals surface area (Å²) in [5.74, 6) is 0. The van der Waals surface area contributed by atoms with Crippen molar-refractivity contribution in [1.82, 2.24) is 30.1 Å². The van der Waals surface area contributed by atoms with E-state index in [9.17, 15) is 0 Å². The summed E-state index contributed by atoms with van der Waals surface area (Å²) in [5, 5.41) is 9.71. The van der Waals surface area contributed by atoms with Gasteiger partial charge in [0, 0.05) is 38.5 Å². The lowest BCUT2D eigenvalue weighted by Crippen LogP contribution is -1.86. The fourth-order valence-electron chi connectivity index (χ4n) is 3.86. The Morgan fingerprint density at radius 2 is 1.88 bits per heavy atom. The summed E-state index contributed by atoms with van der Waals surface area (Å²) in [4.78, 5) is 19.3. The van der Waals surface area contributed by atoms with Crippen LogP contribution in [0.4, 0.5) is 0 Å². The second-order valence-corrected chi connectivity index (χ2v) is 8.73. The van der Waals surface area contributed by atoms with E-state index in [2.05, 4.69) is 61.0 Å². The molecule has 0 spiro atoms. The lowest BCUT2D eigenvalue weighted by molar-refractivity contribution is 1.11. The third-order valence-electron chi connectivity index (χ3n) is 5.45. The number of fused-ring (bicyclic) bond motifs is 2.